The Bertz CT molecular complexity index is 1470. The molecule has 0 unspecified atom stereocenters. The number of rotatable bonds is 7. The number of ether oxygens (including phenoxy) is 2. The third-order valence-electron chi connectivity index (χ3n) is 5.17. The maximum absolute atomic E-state index is 14.5. The summed E-state index contributed by atoms with van der Waals surface area (Å²) in [5.74, 6) is 0.00501. The number of halogens is 1. The van der Waals surface area contributed by atoms with E-state index < -0.39 is 5.82 Å². The van der Waals surface area contributed by atoms with Crippen LogP contribution < -0.4 is 10.3 Å². The van der Waals surface area contributed by atoms with Gasteiger partial charge >= 0.3 is 0 Å². The minimum Gasteiger partial charge on any atom is -0.488 e. The van der Waals surface area contributed by atoms with Crippen LogP contribution in [0, 0.1) is 5.82 Å². The molecule has 166 valence electrons. The molecule has 5 rings (SSSR count). The van der Waals surface area contributed by atoms with E-state index in [1.54, 1.807) is 42.1 Å². The van der Waals surface area contributed by atoms with E-state index in [1.165, 1.54) is 12.1 Å². The Hall–Kier alpha value is -4.24. The number of nitrogens with zero attached hydrogens (tertiary/aromatic N) is 3. The fourth-order valence-electron chi connectivity index (χ4n) is 3.51. The molecule has 2 aromatic carbocycles. The Morgan fingerprint density at radius 3 is 2.73 bits per heavy atom. The number of nitrogens with one attached hydrogen (secondary N) is 1. The first kappa shape index (κ1) is 20.7. The van der Waals surface area contributed by atoms with Gasteiger partial charge in [0, 0.05) is 48.1 Å². The summed E-state index contributed by atoms with van der Waals surface area (Å²) in [5, 5.41) is 11.8. The van der Waals surface area contributed by atoms with Gasteiger partial charge in [-0.2, -0.15) is 5.10 Å². The van der Waals surface area contributed by atoms with E-state index >= 15 is 0 Å². The van der Waals surface area contributed by atoms with Gasteiger partial charge in [0.05, 0.1) is 12.1 Å². The molecule has 5 aromatic rings. The topological polar surface area (TPSA) is 95.2 Å². The lowest BCUT2D eigenvalue weighted by Crippen LogP contribution is -2.15. The van der Waals surface area contributed by atoms with E-state index in [9.17, 15) is 9.18 Å². The van der Waals surface area contributed by atoms with Crippen LogP contribution in [0.15, 0.2) is 76.2 Å². The number of hydrogen-bond acceptors (Lipinski definition) is 6. The second-order valence-electron chi connectivity index (χ2n) is 7.27. The molecule has 0 bridgehead atoms. The molecule has 0 aliphatic rings. The van der Waals surface area contributed by atoms with Crippen LogP contribution in [-0.2, 0) is 4.74 Å². The summed E-state index contributed by atoms with van der Waals surface area (Å²) in [4.78, 5) is 12.0. The smallest absolute Gasteiger partial charge is 0.255 e. The van der Waals surface area contributed by atoms with Gasteiger partial charge in [-0.25, -0.2) is 4.39 Å². The second-order valence-corrected chi connectivity index (χ2v) is 7.27. The molecule has 0 radical (unpaired) electrons. The zero-order valence-electron chi connectivity index (χ0n) is 17.6. The Kier molecular flexibility index (Phi) is 5.45. The van der Waals surface area contributed by atoms with Crippen LogP contribution >= 0.6 is 0 Å². The highest BCUT2D eigenvalue weighted by Gasteiger charge is 2.17. The summed E-state index contributed by atoms with van der Waals surface area (Å²) in [5.41, 5.74) is 3.07. The van der Waals surface area contributed by atoms with Gasteiger partial charge in [-0.05, 0) is 24.3 Å². The molecule has 33 heavy (non-hydrogen) atoms. The molecule has 0 amide bonds. The first-order valence-corrected chi connectivity index (χ1v) is 10.2. The first-order valence-electron chi connectivity index (χ1n) is 10.2. The number of pyridine rings is 1. The number of fused-ring (bicyclic) bond motifs is 1. The van der Waals surface area contributed by atoms with E-state index in [-0.39, 0.29) is 17.9 Å². The Morgan fingerprint density at radius 1 is 1.09 bits per heavy atom. The molecule has 0 saturated heterocycles. The van der Waals surface area contributed by atoms with Crippen LogP contribution in [0.25, 0.3) is 39.3 Å². The van der Waals surface area contributed by atoms with Crippen molar-refractivity contribution < 1.29 is 18.4 Å². The first-order chi connectivity index (χ1) is 16.1. The molecule has 0 spiro atoms. The third kappa shape index (κ3) is 4.01. The van der Waals surface area contributed by atoms with Gasteiger partial charge in [-0.3, -0.25) is 14.5 Å². The van der Waals surface area contributed by atoms with E-state index in [4.69, 9.17) is 14.0 Å². The summed E-state index contributed by atoms with van der Waals surface area (Å²) in [7, 11) is 1.55. The lowest BCUT2D eigenvalue weighted by Gasteiger charge is -2.06. The predicted octanol–water partition coefficient (Wildman–Crippen LogP) is 4.20. The highest BCUT2D eigenvalue weighted by molar-refractivity contribution is 5.92. The van der Waals surface area contributed by atoms with Gasteiger partial charge in [-0.1, -0.05) is 23.4 Å². The van der Waals surface area contributed by atoms with E-state index in [0.717, 1.165) is 11.3 Å². The van der Waals surface area contributed by atoms with Crippen molar-refractivity contribution in [3.63, 3.8) is 0 Å². The summed E-state index contributed by atoms with van der Waals surface area (Å²) in [6.45, 7) is 0.596. The van der Waals surface area contributed by atoms with Crippen molar-refractivity contribution in [3.05, 3.63) is 83.0 Å². The number of aromatic amines is 1. The number of H-pyrrole nitrogens is 1. The van der Waals surface area contributed by atoms with Crippen LogP contribution in [0.1, 0.15) is 0 Å². The second kappa shape index (κ2) is 8.71. The molecule has 0 saturated carbocycles. The molecule has 0 atom stereocenters. The van der Waals surface area contributed by atoms with Crippen molar-refractivity contribution in [1.29, 1.82) is 0 Å². The molecule has 9 heteroatoms. The van der Waals surface area contributed by atoms with E-state index in [1.807, 2.05) is 24.3 Å². The maximum Gasteiger partial charge on any atom is 0.255 e. The van der Waals surface area contributed by atoms with Crippen molar-refractivity contribution in [3.8, 4) is 34.1 Å². The largest absolute Gasteiger partial charge is 0.488 e. The molecule has 8 nitrogen and oxygen atoms in total. The molecule has 0 aliphatic heterocycles. The number of methoxy groups -OCH3 is 1. The molecule has 3 aromatic heterocycles. The zero-order chi connectivity index (χ0) is 22.8. The van der Waals surface area contributed by atoms with Crippen molar-refractivity contribution in [1.82, 2.24) is 19.9 Å². The Balaban J connectivity index is 1.42. The molecular formula is C24H19FN4O4. The summed E-state index contributed by atoms with van der Waals surface area (Å²) in [6.07, 6.45) is 1.71. The minimum atomic E-state index is -0.507. The monoisotopic (exact) mass is 446 g/mol. The van der Waals surface area contributed by atoms with E-state index in [0.29, 0.717) is 34.7 Å². The van der Waals surface area contributed by atoms with Crippen molar-refractivity contribution in [2.45, 2.75) is 0 Å². The standard InChI is InChI=1S/C24H19FN4O4/c1-31-10-11-32-21-14-20-17(12-18(21)25)24(27-26-20)22-13-19(28-33-22)15-5-7-16(8-6-15)29-9-3-2-4-23(29)30/h2-9,12-14H,10-11H2,1H3,(H,26,27). The van der Waals surface area contributed by atoms with Crippen LogP contribution in [-0.4, -0.2) is 40.2 Å². The molecule has 0 fully saturated rings. The van der Waals surface area contributed by atoms with Crippen molar-refractivity contribution in [2.24, 2.45) is 0 Å². The van der Waals surface area contributed by atoms with E-state index in [2.05, 4.69) is 15.4 Å². The molecule has 3 heterocycles. The van der Waals surface area contributed by atoms with Crippen LogP contribution in [0.4, 0.5) is 4.39 Å². The fourth-order valence-corrected chi connectivity index (χ4v) is 3.51. The summed E-state index contributed by atoms with van der Waals surface area (Å²) >= 11 is 0. The Morgan fingerprint density at radius 2 is 1.94 bits per heavy atom. The van der Waals surface area contributed by atoms with Crippen LogP contribution in [0.2, 0.25) is 0 Å². The highest BCUT2D eigenvalue weighted by Crippen LogP contribution is 2.33. The molecular weight excluding hydrogens is 427 g/mol. The lowest BCUT2D eigenvalue weighted by molar-refractivity contribution is 0.144. The van der Waals surface area contributed by atoms with Crippen LogP contribution in [0.5, 0.6) is 5.75 Å². The normalized spacial score (nSPS) is 11.2. The van der Waals surface area contributed by atoms with Gasteiger partial charge in [0.1, 0.15) is 18.0 Å². The number of hydrogen-bond donors (Lipinski definition) is 1. The minimum absolute atomic E-state index is 0.112. The molecule has 0 aliphatic carbocycles. The van der Waals surface area contributed by atoms with Crippen molar-refractivity contribution in [2.75, 3.05) is 20.3 Å². The summed E-state index contributed by atoms with van der Waals surface area (Å²) in [6, 6.07) is 17.0. The maximum atomic E-state index is 14.5. The summed E-state index contributed by atoms with van der Waals surface area (Å²) < 4.78 is 31.9. The highest BCUT2D eigenvalue weighted by atomic mass is 19.1. The van der Waals surface area contributed by atoms with Gasteiger partial charge in [0.2, 0.25) is 0 Å². The Labute approximate surface area is 187 Å². The quantitative estimate of drug-likeness (QED) is 0.377. The average Bonchev–Trinajstić information content (AvgIpc) is 3.47. The zero-order valence-corrected chi connectivity index (χ0v) is 17.6. The fraction of sp³-hybridized carbons (Fsp3) is 0.125. The van der Waals surface area contributed by atoms with Gasteiger partial charge in [0.25, 0.3) is 5.56 Å². The number of aromatic nitrogens is 4. The predicted molar refractivity (Wildman–Crippen MR) is 120 cm³/mol. The van der Waals surface area contributed by atoms with Gasteiger partial charge in [-0.15, -0.1) is 0 Å². The number of benzene rings is 2. The third-order valence-corrected chi connectivity index (χ3v) is 5.17. The lowest BCUT2D eigenvalue weighted by atomic mass is 10.1. The van der Waals surface area contributed by atoms with Gasteiger partial charge in [0.15, 0.2) is 17.3 Å². The van der Waals surface area contributed by atoms with Crippen LogP contribution in [0.3, 0.4) is 0 Å². The van der Waals surface area contributed by atoms with Crippen molar-refractivity contribution >= 4 is 10.9 Å². The van der Waals surface area contributed by atoms with Gasteiger partial charge < -0.3 is 14.0 Å². The average molecular weight is 446 g/mol. The molecule has 1 N–H and O–H groups in total. The SMILES string of the molecule is COCCOc1cc2[nH]nc(-c3cc(-c4ccc(-n5ccccc5=O)cc4)no3)c2cc1F.